The van der Waals surface area contributed by atoms with Gasteiger partial charge in [0.1, 0.15) is 5.52 Å². The van der Waals surface area contributed by atoms with Gasteiger partial charge in [0.15, 0.2) is 5.82 Å². The van der Waals surface area contributed by atoms with E-state index in [9.17, 15) is 4.39 Å². The summed E-state index contributed by atoms with van der Waals surface area (Å²) in [5.41, 5.74) is 0.435. The summed E-state index contributed by atoms with van der Waals surface area (Å²) in [5.74, 6) is -0.281. The third kappa shape index (κ3) is 1.46. The van der Waals surface area contributed by atoms with Crippen LogP contribution in [0.2, 0.25) is 0 Å². The maximum Gasteiger partial charge on any atom is 0.152 e. The molecule has 0 amide bonds. The average Bonchev–Trinajstić information content (AvgIpc) is 2.47. The van der Waals surface area contributed by atoms with Crippen molar-refractivity contribution in [2.24, 2.45) is 0 Å². The highest BCUT2D eigenvalue weighted by Gasteiger charge is 2.06. The molecule has 2 rings (SSSR count). The van der Waals surface area contributed by atoms with Crippen LogP contribution < -0.4 is 0 Å². The second-order valence-electron chi connectivity index (χ2n) is 2.81. The first-order valence-corrected chi connectivity index (χ1v) is 4.82. The van der Waals surface area contributed by atoms with E-state index >= 15 is 0 Å². The number of nitrogens with zero attached hydrogens (tertiary/aromatic N) is 2. The van der Waals surface area contributed by atoms with Crippen molar-refractivity contribution in [1.82, 2.24) is 9.78 Å². The number of aryl methyl sites for hydroxylation is 1. The van der Waals surface area contributed by atoms with Gasteiger partial charge in [-0.05, 0) is 19.1 Å². The van der Waals surface area contributed by atoms with Crippen LogP contribution in [0.1, 0.15) is 6.92 Å². The number of benzene rings is 1. The van der Waals surface area contributed by atoms with Gasteiger partial charge in [-0.15, -0.1) is 0 Å². The summed E-state index contributed by atoms with van der Waals surface area (Å²) < 4.78 is 15.8. The van der Waals surface area contributed by atoms with Gasteiger partial charge in [-0.1, -0.05) is 15.9 Å². The summed E-state index contributed by atoms with van der Waals surface area (Å²) in [6.45, 7) is 2.73. The van der Waals surface area contributed by atoms with E-state index in [1.165, 1.54) is 6.07 Å². The maximum atomic E-state index is 13.3. The third-order valence-corrected chi connectivity index (χ3v) is 2.36. The summed E-state index contributed by atoms with van der Waals surface area (Å²) in [5, 5.41) is 4.92. The monoisotopic (exact) mass is 242 g/mol. The zero-order chi connectivity index (χ0) is 9.42. The Labute approximate surface area is 83.5 Å². The van der Waals surface area contributed by atoms with Crippen molar-refractivity contribution in [3.05, 3.63) is 28.6 Å². The fourth-order valence-electron chi connectivity index (χ4n) is 1.27. The van der Waals surface area contributed by atoms with E-state index in [-0.39, 0.29) is 5.82 Å². The molecule has 0 unspecified atom stereocenters. The second kappa shape index (κ2) is 3.10. The summed E-state index contributed by atoms with van der Waals surface area (Å²) in [7, 11) is 0. The van der Waals surface area contributed by atoms with Crippen LogP contribution in [0.5, 0.6) is 0 Å². The molecule has 4 heteroatoms. The average molecular weight is 243 g/mol. The number of halogens is 2. The molecule has 2 aromatic rings. The predicted octanol–water partition coefficient (Wildman–Crippen LogP) is 2.96. The van der Waals surface area contributed by atoms with Crippen molar-refractivity contribution in [2.45, 2.75) is 13.5 Å². The van der Waals surface area contributed by atoms with Gasteiger partial charge in [0.25, 0.3) is 0 Å². The van der Waals surface area contributed by atoms with Crippen molar-refractivity contribution in [1.29, 1.82) is 0 Å². The maximum absolute atomic E-state index is 13.3. The molecule has 0 saturated carbocycles. The first kappa shape index (κ1) is 8.69. The topological polar surface area (TPSA) is 17.8 Å². The van der Waals surface area contributed by atoms with E-state index in [0.717, 1.165) is 16.4 Å². The highest BCUT2D eigenvalue weighted by molar-refractivity contribution is 9.10. The van der Waals surface area contributed by atoms with Crippen molar-refractivity contribution < 1.29 is 4.39 Å². The number of fused-ring (bicyclic) bond motifs is 1. The molecule has 13 heavy (non-hydrogen) atoms. The van der Waals surface area contributed by atoms with Crippen LogP contribution >= 0.6 is 15.9 Å². The molecule has 0 bridgehead atoms. The Morgan fingerprint density at radius 1 is 1.54 bits per heavy atom. The third-order valence-electron chi connectivity index (χ3n) is 1.90. The highest BCUT2D eigenvalue weighted by atomic mass is 79.9. The molecule has 0 radical (unpaired) electrons. The number of aromatic nitrogens is 2. The van der Waals surface area contributed by atoms with Gasteiger partial charge in [-0.25, -0.2) is 4.39 Å². The summed E-state index contributed by atoms with van der Waals surface area (Å²) in [4.78, 5) is 0. The molecule has 1 aromatic carbocycles. The van der Waals surface area contributed by atoms with Gasteiger partial charge in [0, 0.05) is 22.6 Å². The zero-order valence-electron chi connectivity index (χ0n) is 7.09. The minimum Gasteiger partial charge on any atom is -0.272 e. The fraction of sp³-hybridized carbons (Fsp3) is 0.222. The second-order valence-corrected chi connectivity index (χ2v) is 3.73. The first-order chi connectivity index (χ1) is 6.20. The first-order valence-electron chi connectivity index (χ1n) is 4.03. The van der Waals surface area contributed by atoms with Crippen LogP contribution in [-0.2, 0) is 6.54 Å². The molecule has 0 aliphatic rings. The SMILES string of the molecule is CCn1cc2cc(Br)cc(F)c2n1. The summed E-state index contributed by atoms with van der Waals surface area (Å²) >= 11 is 3.24. The molecule has 0 atom stereocenters. The van der Waals surface area contributed by atoms with Crippen molar-refractivity contribution in [3.63, 3.8) is 0 Å². The minimum absolute atomic E-state index is 0.281. The zero-order valence-corrected chi connectivity index (χ0v) is 8.68. The Balaban J connectivity index is 2.75. The molecule has 2 nitrogen and oxygen atoms in total. The highest BCUT2D eigenvalue weighted by Crippen LogP contribution is 2.21. The fourth-order valence-corrected chi connectivity index (χ4v) is 1.72. The van der Waals surface area contributed by atoms with Gasteiger partial charge in [-0.2, -0.15) is 5.10 Å². The van der Waals surface area contributed by atoms with Crippen LogP contribution in [-0.4, -0.2) is 9.78 Å². The minimum atomic E-state index is -0.281. The lowest BCUT2D eigenvalue weighted by Crippen LogP contribution is -1.92. The van der Waals surface area contributed by atoms with E-state index in [1.54, 1.807) is 4.68 Å². The van der Waals surface area contributed by atoms with Crippen LogP contribution in [0.3, 0.4) is 0 Å². The number of hydrogen-bond acceptors (Lipinski definition) is 1. The van der Waals surface area contributed by atoms with Crippen LogP contribution in [0.25, 0.3) is 10.9 Å². The van der Waals surface area contributed by atoms with Crippen LogP contribution in [0.15, 0.2) is 22.8 Å². The largest absolute Gasteiger partial charge is 0.272 e. The lowest BCUT2D eigenvalue weighted by atomic mass is 10.2. The lowest BCUT2D eigenvalue weighted by Gasteiger charge is -1.91. The Kier molecular flexibility index (Phi) is 2.07. The quantitative estimate of drug-likeness (QED) is 0.752. The lowest BCUT2D eigenvalue weighted by molar-refractivity contribution is 0.622. The Morgan fingerprint density at radius 2 is 2.31 bits per heavy atom. The molecular weight excluding hydrogens is 235 g/mol. The molecular formula is C9H8BrFN2. The molecule has 0 fully saturated rings. The summed E-state index contributed by atoms with van der Waals surface area (Å²) in [6.07, 6.45) is 1.84. The Bertz CT molecular complexity index is 450. The molecule has 0 aliphatic carbocycles. The van der Waals surface area contributed by atoms with E-state index in [0.29, 0.717) is 5.52 Å². The van der Waals surface area contributed by atoms with Gasteiger partial charge >= 0.3 is 0 Å². The standard InChI is InChI=1S/C9H8BrFN2/c1-2-13-5-6-3-7(10)4-8(11)9(6)12-13/h3-5H,2H2,1H3. The van der Waals surface area contributed by atoms with Gasteiger partial charge in [0.2, 0.25) is 0 Å². The van der Waals surface area contributed by atoms with Crippen molar-refractivity contribution in [2.75, 3.05) is 0 Å². The number of rotatable bonds is 1. The molecule has 0 N–H and O–H groups in total. The molecule has 1 heterocycles. The van der Waals surface area contributed by atoms with Crippen LogP contribution in [0.4, 0.5) is 4.39 Å². The van der Waals surface area contributed by atoms with Crippen molar-refractivity contribution in [3.8, 4) is 0 Å². The smallest absolute Gasteiger partial charge is 0.152 e. The molecule has 1 aromatic heterocycles. The molecule has 68 valence electrons. The van der Waals surface area contributed by atoms with E-state index in [1.807, 2.05) is 19.2 Å². The van der Waals surface area contributed by atoms with Gasteiger partial charge < -0.3 is 0 Å². The molecule has 0 spiro atoms. The van der Waals surface area contributed by atoms with E-state index < -0.39 is 0 Å². The van der Waals surface area contributed by atoms with E-state index in [2.05, 4.69) is 21.0 Å². The van der Waals surface area contributed by atoms with Gasteiger partial charge in [-0.3, -0.25) is 4.68 Å². The number of hydrogen-bond donors (Lipinski definition) is 0. The Hall–Kier alpha value is -0.900. The predicted molar refractivity (Wildman–Crippen MR) is 53.1 cm³/mol. The Morgan fingerprint density at radius 3 is 3.00 bits per heavy atom. The summed E-state index contributed by atoms with van der Waals surface area (Å²) in [6, 6.07) is 3.28. The normalized spacial score (nSPS) is 11.0. The van der Waals surface area contributed by atoms with Crippen LogP contribution in [0, 0.1) is 5.82 Å². The van der Waals surface area contributed by atoms with Crippen molar-refractivity contribution >= 4 is 26.8 Å². The molecule has 0 saturated heterocycles. The van der Waals surface area contributed by atoms with Gasteiger partial charge in [0.05, 0.1) is 0 Å². The molecule has 0 aliphatic heterocycles. The van der Waals surface area contributed by atoms with E-state index in [4.69, 9.17) is 0 Å².